The molecular weight excluding hydrogens is 305 g/mol. The highest BCUT2D eigenvalue weighted by molar-refractivity contribution is 5.46. The maximum atomic E-state index is 13.9. The molecular formula is C20H30FNO2. The molecule has 0 saturated heterocycles. The molecule has 0 heterocycles. The van der Waals surface area contributed by atoms with Crippen LogP contribution in [0.2, 0.25) is 0 Å². The van der Waals surface area contributed by atoms with Crippen molar-refractivity contribution in [3.63, 3.8) is 0 Å². The summed E-state index contributed by atoms with van der Waals surface area (Å²) in [5.41, 5.74) is 9.45. The summed E-state index contributed by atoms with van der Waals surface area (Å²) in [4.78, 5) is 0. The minimum absolute atomic E-state index is 0.00354. The van der Waals surface area contributed by atoms with Gasteiger partial charge >= 0.3 is 0 Å². The van der Waals surface area contributed by atoms with Gasteiger partial charge in [-0.15, -0.1) is 0 Å². The second-order valence-electron chi connectivity index (χ2n) is 8.81. The summed E-state index contributed by atoms with van der Waals surface area (Å²) in [5, 5.41) is 21.8. The van der Waals surface area contributed by atoms with Gasteiger partial charge < -0.3 is 15.9 Å². The van der Waals surface area contributed by atoms with Crippen LogP contribution < -0.4 is 5.73 Å². The lowest BCUT2D eigenvalue weighted by Gasteiger charge is -2.60. The van der Waals surface area contributed by atoms with E-state index >= 15 is 0 Å². The number of rotatable bonds is 0. The summed E-state index contributed by atoms with van der Waals surface area (Å²) in [6, 6.07) is 0.134. The molecule has 4 heteroatoms. The lowest BCUT2D eigenvalue weighted by atomic mass is 9.47. The SMILES string of the molecule is C/C(F)=C1/CCC2=C1CCC1C2[C@@H](O)[C@H](O)C2C[C@H](N)CC[C@]12C. The van der Waals surface area contributed by atoms with E-state index in [1.165, 1.54) is 5.57 Å². The lowest BCUT2D eigenvalue weighted by Crippen LogP contribution is -2.61. The molecule has 0 bridgehead atoms. The number of hydrogen-bond donors (Lipinski definition) is 3. The number of fused-ring (bicyclic) bond motifs is 4. The van der Waals surface area contributed by atoms with Crippen molar-refractivity contribution in [3.05, 3.63) is 22.5 Å². The molecule has 0 amide bonds. The molecule has 2 fully saturated rings. The number of aliphatic hydroxyl groups is 2. The quantitative estimate of drug-likeness (QED) is 0.637. The standard InChI is InChI=1S/C20H30FNO2/c1-10(21)12-3-4-14-13(12)5-6-15-17(14)19(24)18(23)16-9-11(22)7-8-20(15,16)2/h11,15-19,23-24H,3-9,22H2,1-2H3/b12-10+/t11-,15?,16?,17?,18-,19-,20-/m1/s1. The van der Waals surface area contributed by atoms with Crippen LogP contribution in [0.3, 0.4) is 0 Å². The molecule has 3 nitrogen and oxygen atoms in total. The van der Waals surface area contributed by atoms with E-state index in [2.05, 4.69) is 6.92 Å². The number of hydrogen-bond acceptors (Lipinski definition) is 3. The van der Waals surface area contributed by atoms with Crippen molar-refractivity contribution in [1.82, 2.24) is 0 Å². The molecule has 0 aliphatic heterocycles. The molecule has 134 valence electrons. The Balaban J connectivity index is 1.76. The third-order valence-corrected chi connectivity index (χ3v) is 7.79. The van der Waals surface area contributed by atoms with Gasteiger partial charge in [-0.1, -0.05) is 12.5 Å². The van der Waals surface area contributed by atoms with Gasteiger partial charge in [0.1, 0.15) is 5.83 Å². The second kappa shape index (κ2) is 5.65. The van der Waals surface area contributed by atoms with Crippen LogP contribution in [-0.2, 0) is 0 Å². The largest absolute Gasteiger partial charge is 0.390 e. The third-order valence-electron chi connectivity index (χ3n) is 7.79. The molecule has 3 unspecified atom stereocenters. The van der Waals surface area contributed by atoms with Crippen LogP contribution in [0.1, 0.15) is 58.8 Å². The predicted molar refractivity (Wildman–Crippen MR) is 91.7 cm³/mol. The van der Waals surface area contributed by atoms with E-state index in [0.29, 0.717) is 5.92 Å². The van der Waals surface area contributed by atoms with Gasteiger partial charge in [-0.05, 0) is 80.3 Å². The van der Waals surface area contributed by atoms with Crippen molar-refractivity contribution in [3.8, 4) is 0 Å². The molecule has 4 aliphatic rings. The summed E-state index contributed by atoms with van der Waals surface area (Å²) in [6.45, 7) is 3.84. The van der Waals surface area contributed by atoms with Gasteiger partial charge in [-0.25, -0.2) is 4.39 Å². The first kappa shape index (κ1) is 16.7. The van der Waals surface area contributed by atoms with Crippen LogP contribution in [0.15, 0.2) is 22.5 Å². The molecule has 0 aromatic carbocycles. The topological polar surface area (TPSA) is 66.5 Å². The maximum Gasteiger partial charge on any atom is 0.100 e. The first-order valence-electron chi connectivity index (χ1n) is 9.54. The van der Waals surface area contributed by atoms with Crippen LogP contribution in [0.4, 0.5) is 4.39 Å². The second-order valence-corrected chi connectivity index (χ2v) is 8.81. The lowest BCUT2D eigenvalue weighted by molar-refractivity contribution is -0.172. The van der Waals surface area contributed by atoms with Gasteiger partial charge in [0.2, 0.25) is 0 Å². The first-order chi connectivity index (χ1) is 11.3. The summed E-state index contributed by atoms with van der Waals surface area (Å²) in [7, 11) is 0. The normalized spacial score (nSPS) is 50.2. The van der Waals surface area contributed by atoms with E-state index in [9.17, 15) is 14.6 Å². The molecule has 0 spiro atoms. The fourth-order valence-corrected chi connectivity index (χ4v) is 6.56. The van der Waals surface area contributed by atoms with Crippen molar-refractivity contribution >= 4 is 0 Å². The molecule has 0 radical (unpaired) electrons. The molecule has 0 aromatic rings. The number of halogens is 1. The molecule has 0 aromatic heterocycles. The first-order valence-corrected chi connectivity index (χ1v) is 9.54. The zero-order valence-electron chi connectivity index (χ0n) is 14.8. The zero-order valence-corrected chi connectivity index (χ0v) is 14.8. The van der Waals surface area contributed by atoms with Gasteiger partial charge in [-0.3, -0.25) is 0 Å². The van der Waals surface area contributed by atoms with Crippen molar-refractivity contribution in [2.75, 3.05) is 0 Å². The Morgan fingerprint density at radius 1 is 1.12 bits per heavy atom. The van der Waals surface area contributed by atoms with Crippen molar-refractivity contribution in [2.45, 2.75) is 77.0 Å². The van der Waals surface area contributed by atoms with E-state index in [1.807, 2.05) is 0 Å². The van der Waals surface area contributed by atoms with Gasteiger partial charge in [0.05, 0.1) is 12.2 Å². The highest BCUT2D eigenvalue weighted by Crippen LogP contribution is 2.62. The number of nitrogens with two attached hydrogens (primary N) is 1. The Bertz CT molecular complexity index is 609. The fraction of sp³-hybridized carbons (Fsp3) is 0.800. The van der Waals surface area contributed by atoms with E-state index in [4.69, 9.17) is 5.73 Å². The molecule has 24 heavy (non-hydrogen) atoms. The Kier molecular flexibility index (Phi) is 3.94. The third kappa shape index (κ3) is 2.19. The summed E-state index contributed by atoms with van der Waals surface area (Å²) in [6.07, 6.45) is 4.89. The minimum Gasteiger partial charge on any atom is -0.390 e. The highest BCUT2D eigenvalue weighted by Gasteiger charge is 2.59. The molecule has 4 rings (SSSR count). The van der Waals surface area contributed by atoms with Crippen molar-refractivity contribution < 1.29 is 14.6 Å². The number of allylic oxidation sites excluding steroid dienone is 3. The van der Waals surface area contributed by atoms with Gasteiger partial charge in [0, 0.05) is 12.0 Å². The average Bonchev–Trinajstić information content (AvgIpc) is 2.98. The predicted octanol–water partition coefficient (Wildman–Crippen LogP) is 3.22. The van der Waals surface area contributed by atoms with Gasteiger partial charge in [0.25, 0.3) is 0 Å². The van der Waals surface area contributed by atoms with Crippen LogP contribution >= 0.6 is 0 Å². The van der Waals surface area contributed by atoms with Gasteiger partial charge in [0.15, 0.2) is 0 Å². The average molecular weight is 335 g/mol. The summed E-state index contributed by atoms with van der Waals surface area (Å²) in [5.74, 6) is 0.388. The Hall–Kier alpha value is -0.710. The van der Waals surface area contributed by atoms with E-state index < -0.39 is 12.2 Å². The monoisotopic (exact) mass is 335 g/mol. The fourth-order valence-electron chi connectivity index (χ4n) is 6.56. The van der Waals surface area contributed by atoms with Crippen molar-refractivity contribution in [2.24, 2.45) is 28.9 Å². The van der Waals surface area contributed by atoms with E-state index in [-0.39, 0.29) is 29.1 Å². The van der Waals surface area contributed by atoms with Crippen LogP contribution in [0, 0.1) is 23.2 Å². The zero-order chi connectivity index (χ0) is 17.2. The van der Waals surface area contributed by atoms with Gasteiger partial charge in [-0.2, -0.15) is 0 Å². The smallest absolute Gasteiger partial charge is 0.100 e. The molecule has 4 aliphatic carbocycles. The molecule has 7 atom stereocenters. The molecule has 4 N–H and O–H groups in total. The van der Waals surface area contributed by atoms with E-state index in [1.54, 1.807) is 6.92 Å². The molecule has 2 saturated carbocycles. The number of aliphatic hydroxyl groups excluding tert-OH is 2. The van der Waals surface area contributed by atoms with E-state index in [0.717, 1.165) is 56.1 Å². The highest BCUT2D eigenvalue weighted by atomic mass is 19.1. The van der Waals surface area contributed by atoms with Crippen molar-refractivity contribution in [1.29, 1.82) is 0 Å². The van der Waals surface area contributed by atoms with Crippen LogP contribution in [-0.4, -0.2) is 28.5 Å². The Labute approximate surface area is 143 Å². The summed E-state index contributed by atoms with van der Waals surface area (Å²) >= 11 is 0. The Morgan fingerprint density at radius 3 is 2.58 bits per heavy atom. The minimum atomic E-state index is -0.733. The van der Waals surface area contributed by atoms with Crippen LogP contribution in [0.25, 0.3) is 0 Å². The Morgan fingerprint density at radius 2 is 1.88 bits per heavy atom. The summed E-state index contributed by atoms with van der Waals surface area (Å²) < 4.78 is 13.9. The maximum absolute atomic E-state index is 13.9. The van der Waals surface area contributed by atoms with Crippen LogP contribution in [0.5, 0.6) is 0 Å².